The van der Waals surface area contributed by atoms with Crippen molar-refractivity contribution in [3.05, 3.63) is 40.5 Å². The van der Waals surface area contributed by atoms with Crippen LogP contribution in [0.25, 0.3) is 10.9 Å². The Morgan fingerprint density at radius 3 is 3.17 bits per heavy atom. The third-order valence-corrected chi connectivity index (χ3v) is 5.11. The first-order chi connectivity index (χ1) is 11.7. The van der Waals surface area contributed by atoms with Gasteiger partial charge in [-0.2, -0.15) is 0 Å². The molecule has 1 aliphatic heterocycles. The smallest absolute Gasteiger partial charge is 0.246 e. The lowest BCUT2D eigenvalue weighted by Gasteiger charge is -2.05. The molecule has 3 heterocycles. The van der Waals surface area contributed by atoms with E-state index in [-0.39, 0.29) is 18.6 Å². The lowest BCUT2D eigenvalue weighted by atomic mass is 10.2. The van der Waals surface area contributed by atoms with Crippen LogP contribution < -0.4 is 5.32 Å². The Kier molecular flexibility index (Phi) is 4.22. The average Bonchev–Trinajstić information content (AvgIpc) is 3.28. The number of anilines is 1. The molecule has 24 heavy (non-hydrogen) atoms. The van der Waals surface area contributed by atoms with Crippen LogP contribution in [0.1, 0.15) is 24.0 Å². The van der Waals surface area contributed by atoms with Gasteiger partial charge in [-0.1, -0.05) is 29.0 Å². The van der Waals surface area contributed by atoms with Gasteiger partial charge in [0, 0.05) is 23.3 Å². The molecule has 3 aromatic rings. The summed E-state index contributed by atoms with van der Waals surface area (Å²) in [5.41, 5.74) is 0.926. The topological polar surface area (TPSA) is 69.0 Å². The third kappa shape index (κ3) is 3.15. The zero-order chi connectivity index (χ0) is 16.5. The second-order valence-electron chi connectivity index (χ2n) is 5.64. The molecule has 124 valence electrons. The molecule has 1 aliphatic rings. The molecule has 0 bridgehead atoms. The van der Waals surface area contributed by atoms with E-state index in [4.69, 9.17) is 16.3 Å². The van der Waals surface area contributed by atoms with Crippen LogP contribution >= 0.6 is 22.9 Å². The number of ether oxygens (including phenoxy) is 1. The second-order valence-corrected chi connectivity index (χ2v) is 7.09. The molecular weight excluding hydrogens is 348 g/mol. The summed E-state index contributed by atoms with van der Waals surface area (Å²) in [5.74, 6) is -0.150. The molecule has 0 aliphatic carbocycles. The Labute approximate surface area is 147 Å². The van der Waals surface area contributed by atoms with Gasteiger partial charge < -0.3 is 9.30 Å². The molecule has 1 aromatic carbocycles. The summed E-state index contributed by atoms with van der Waals surface area (Å²) in [6.07, 6.45) is 3.88. The lowest BCUT2D eigenvalue weighted by molar-refractivity contribution is -0.116. The summed E-state index contributed by atoms with van der Waals surface area (Å²) in [6, 6.07) is 7.58. The predicted octanol–water partition coefficient (Wildman–Crippen LogP) is 3.64. The molecule has 8 heteroatoms. The van der Waals surface area contributed by atoms with Crippen LogP contribution in [-0.2, 0) is 16.1 Å². The highest BCUT2D eigenvalue weighted by atomic mass is 35.5. The molecule has 1 fully saturated rings. The maximum absolute atomic E-state index is 12.3. The fourth-order valence-corrected chi connectivity index (χ4v) is 3.81. The minimum atomic E-state index is -0.150. The Bertz CT molecular complexity index is 885. The van der Waals surface area contributed by atoms with Crippen molar-refractivity contribution in [2.24, 2.45) is 0 Å². The normalized spacial score (nSPS) is 17.5. The van der Waals surface area contributed by atoms with E-state index >= 15 is 0 Å². The van der Waals surface area contributed by atoms with E-state index in [9.17, 15) is 4.79 Å². The van der Waals surface area contributed by atoms with Gasteiger partial charge in [0.1, 0.15) is 17.7 Å². The van der Waals surface area contributed by atoms with Crippen LogP contribution in [0.5, 0.6) is 0 Å². The number of amides is 1. The van der Waals surface area contributed by atoms with Crippen LogP contribution in [0.4, 0.5) is 5.13 Å². The molecular formula is C16H15ClN4O2S. The molecule has 1 saturated heterocycles. The molecule has 0 spiro atoms. The highest BCUT2D eigenvalue weighted by molar-refractivity contribution is 7.15. The number of hydrogen-bond donors (Lipinski definition) is 1. The van der Waals surface area contributed by atoms with Crippen molar-refractivity contribution in [2.45, 2.75) is 25.5 Å². The number of hydrogen-bond acceptors (Lipinski definition) is 5. The van der Waals surface area contributed by atoms with Gasteiger partial charge in [0.25, 0.3) is 0 Å². The van der Waals surface area contributed by atoms with Crippen LogP contribution in [0.3, 0.4) is 0 Å². The Morgan fingerprint density at radius 2 is 2.33 bits per heavy atom. The van der Waals surface area contributed by atoms with Crippen molar-refractivity contribution in [1.29, 1.82) is 0 Å². The highest BCUT2D eigenvalue weighted by Crippen LogP contribution is 2.31. The van der Waals surface area contributed by atoms with E-state index in [1.165, 1.54) is 11.3 Å². The molecule has 6 nitrogen and oxygen atoms in total. The van der Waals surface area contributed by atoms with E-state index in [0.29, 0.717) is 10.2 Å². The maximum Gasteiger partial charge on any atom is 0.246 e. The number of nitrogens with zero attached hydrogens (tertiary/aromatic N) is 3. The summed E-state index contributed by atoms with van der Waals surface area (Å²) in [5, 5.41) is 14.0. The van der Waals surface area contributed by atoms with E-state index in [1.807, 2.05) is 35.0 Å². The molecule has 0 saturated carbocycles. The van der Waals surface area contributed by atoms with Crippen LogP contribution in [-0.4, -0.2) is 27.3 Å². The first-order valence-corrected chi connectivity index (χ1v) is 8.88. The molecule has 1 amide bonds. The van der Waals surface area contributed by atoms with Crippen LogP contribution in [0.2, 0.25) is 5.02 Å². The Morgan fingerprint density at radius 1 is 1.42 bits per heavy atom. The van der Waals surface area contributed by atoms with Gasteiger partial charge in [-0.05, 0) is 36.4 Å². The van der Waals surface area contributed by atoms with Crippen molar-refractivity contribution in [3.63, 3.8) is 0 Å². The van der Waals surface area contributed by atoms with E-state index in [0.717, 1.165) is 35.4 Å². The largest absolute Gasteiger partial charge is 0.371 e. The van der Waals surface area contributed by atoms with E-state index < -0.39 is 0 Å². The highest BCUT2D eigenvalue weighted by Gasteiger charge is 2.22. The Balaban J connectivity index is 1.45. The minimum absolute atomic E-state index is 0.0173. The van der Waals surface area contributed by atoms with Gasteiger partial charge in [0.2, 0.25) is 11.0 Å². The fourth-order valence-electron chi connectivity index (χ4n) is 2.80. The van der Waals surface area contributed by atoms with Gasteiger partial charge in [-0.25, -0.2) is 0 Å². The number of aromatic nitrogens is 3. The quantitative estimate of drug-likeness (QED) is 0.769. The van der Waals surface area contributed by atoms with Crippen LogP contribution in [0, 0.1) is 0 Å². The van der Waals surface area contributed by atoms with Gasteiger partial charge in [0.05, 0.1) is 0 Å². The number of rotatable bonds is 4. The predicted molar refractivity (Wildman–Crippen MR) is 93.4 cm³/mol. The number of halogens is 1. The lowest BCUT2D eigenvalue weighted by Crippen LogP contribution is -2.18. The first-order valence-electron chi connectivity index (χ1n) is 7.68. The number of fused-ring (bicyclic) bond motifs is 1. The Hall–Kier alpha value is -1.96. The number of benzene rings is 1. The third-order valence-electron chi connectivity index (χ3n) is 3.94. The number of carbonyl (C=O) groups is 1. The molecule has 0 radical (unpaired) electrons. The fraction of sp³-hybridized carbons (Fsp3) is 0.312. The summed E-state index contributed by atoms with van der Waals surface area (Å²) in [4.78, 5) is 12.3. The summed E-state index contributed by atoms with van der Waals surface area (Å²) < 4.78 is 7.44. The SMILES string of the molecule is O=C(Cn1ccc2ccc(Cl)cc21)Nc1nnc([C@@H]2CCCO2)s1. The van der Waals surface area contributed by atoms with Crippen molar-refractivity contribution in [1.82, 2.24) is 14.8 Å². The van der Waals surface area contributed by atoms with Crippen molar-refractivity contribution >= 4 is 44.9 Å². The standard InChI is InChI=1S/C16H15ClN4O2S/c17-11-4-3-10-5-6-21(12(10)8-11)9-14(22)18-16-20-19-15(24-16)13-2-1-7-23-13/h3-6,8,13H,1-2,7,9H2,(H,18,20,22)/t13-/m0/s1. The number of carbonyl (C=O) groups excluding carboxylic acids is 1. The molecule has 1 atom stereocenters. The monoisotopic (exact) mass is 362 g/mol. The zero-order valence-corrected chi connectivity index (χ0v) is 14.3. The van der Waals surface area contributed by atoms with Gasteiger partial charge in [-0.3, -0.25) is 10.1 Å². The average molecular weight is 363 g/mol. The zero-order valence-electron chi connectivity index (χ0n) is 12.7. The number of nitrogens with one attached hydrogen (secondary N) is 1. The first kappa shape index (κ1) is 15.6. The second kappa shape index (κ2) is 6.51. The van der Waals surface area contributed by atoms with Gasteiger partial charge >= 0.3 is 0 Å². The van der Waals surface area contributed by atoms with Gasteiger partial charge in [0.15, 0.2) is 0 Å². The molecule has 0 unspecified atom stereocenters. The van der Waals surface area contributed by atoms with E-state index in [1.54, 1.807) is 0 Å². The van der Waals surface area contributed by atoms with Crippen molar-refractivity contribution < 1.29 is 9.53 Å². The van der Waals surface area contributed by atoms with Crippen molar-refractivity contribution in [2.75, 3.05) is 11.9 Å². The summed E-state index contributed by atoms with van der Waals surface area (Å²) in [6.45, 7) is 0.952. The van der Waals surface area contributed by atoms with E-state index in [2.05, 4.69) is 15.5 Å². The minimum Gasteiger partial charge on any atom is -0.371 e. The summed E-state index contributed by atoms with van der Waals surface area (Å²) in [7, 11) is 0. The van der Waals surface area contributed by atoms with Crippen molar-refractivity contribution in [3.8, 4) is 0 Å². The summed E-state index contributed by atoms with van der Waals surface area (Å²) >= 11 is 7.40. The molecule has 2 aromatic heterocycles. The van der Waals surface area contributed by atoms with Gasteiger partial charge in [-0.15, -0.1) is 10.2 Å². The maximum atomic E-state index is 12.3. The molecule has 4 rings (SSSR count). The molecule has 1 N–H and O–H groups in total. The van der Waals surface area contributed by atoms with Crippen LogP contribution in [0.15, 0.2) is 30.5 Å².